The van der Waals surface area contributed by atoms with E-state index in [0.29, 0.717) is 10.8 Å². The largest absolute Gasteiger partial charge is 0.483 e. The van der Waals surface area contributed by atoms with Gasteiger partial charge in [-0.1, -0.05) is 23.7 Å². The summed E-state index contributed by atoms with van der Waals surface area (Å²) >= 11 is 5.93. The second kappa shape index (κ2) is 7.93. The first-order chi connectivity index (χ1) is 12.5. The molecular weight excluding hydrogens is 356 g/mol. The van der Waals surface area contributed by atoms with E-state index in [1.54, 1.807) is 35.9 Å². The number of nitrogens with one attached hydrogen (secondary N) is 1. The third kappa shape index (κ3) is 4.34. The van der Waals surface area contributed by atoms with Crippen LogP contribution < -0.4 is 15.5 Å². The first kappa shape index (κ1) is 17.8. The molecule has 0 saturated carbocycles. The Morgan fingerprint density at radius 3 is 2.85 bits per heavy atom. The van der Waals surface area contributed by atoms with Crippen molar-refractivity contribution in [2.45, 2.75) is 13.2 Å². The van der Waals surface area contributed by atoms with Crippen LogP contribution in [-0.2, 0) is 20.2 Å². The van der Waals surface area contributed by atoms with E-state index >= 15 is 0 Å². The van der Waals surface area contributed by atoms with Gasteiger partial charge in [0.05, 0.1) is 19.0 Å². The van der Waals surface area contributed by atoms with Gasteiger partial charge in [-0.15, -0.1) is 0 Å². The molecule has 0 saturated heterocycles. The summed E-state index contributed by atoms with van der Waals surface area (Å²) in [5.41, 5.74) is 0.713. The molecule has 0 fully saturated rings. The number of carbonyl (C=O) groups is 1. The van der Waals surface area contributed by atoms with E-state index in [2.05, 4.69) is 5.32 Å². The molecule has 2 aromatic heterocycles. The molecule has 0 unspecified atom stereocenters. The van der Waals surface area contributed by atoms with Gasteiger partial charge in [0, 0.05) is 18.1 Å². The zero-order valence-electron chi connectivity index (χ0n) is 14.1. The van der Waals surface area contributed by atoms with E-state index in [1.807, 2.05) is 12.1 Å². The Labute approximate surface area is 155 Å². The fraction of sp³-hybridized carbons (Fsp3) is 0.158. The van der Waals surface area contributed by atoms with Gasteiger partial charge in [0.1, 0.15) is 18.1 Å². The van der Waals surface area contributed by atoms with Gasteiger partial charge in [0.25, 0.3) is 5.91 Å². The molecule has 6 nitrogen and oxygen atoms in total. The molecule has 1 aromatic carbocycles. The number of hydrogen-bond donors (Lipinski definition) is 1. The summed E-state index contributed by atoms with van der Waals surface area (Å²) in [5, 5.41) is 3.30. The molecule has 3 aromatic rings. The van der Waals surface area contributed by atoms with Crippen molar-refractivity contribution < 1.29 is 13.9 Å². The number of carbonyl (C=O) groups excluding carboxylic acids is 1. The van der Waals surface area contributed by atoms with Crippen LogP contribution in [0.25, 0.3) is 0 Å². The molecule has 0 spiro atoms. The fourth-order valence-corrected chi connectivity index (χ4v) is 2.61. The first-order valence-electron chi connectivity index (χ1n) is 7.91. The van der Waals surface area contributed by atoms with E-state index in [9.17, 15) is 9.59 Å². The maximum Gasteiger partial charge on any atom is 0.268 e. The quantitative estimate of drug-likeness (QED) is 0.721. The Bertz CT molecular complexity index is 964. The predicted octanol–water partition coefficient (Wildman–Crippen LogP) is 3.14. The van der Waals surface area contributed by atoms with Crippen molar-refractivity contribution in [3.8, 4) is 5.75 Å². The summed E-state index contributed by atoms with van der Waals surface area (Å²) in [6.07, 6.45) is 3.03. The summed E-state index contributed by atoms with van der Waals surface area (Å²) in [6, 6.07) is 11.9. The minimum absolute atomic E-state index is 0.162. The molecule has 134 valence electrons. The number of aromatic nitrogens is 1. The normalized spacial score (nSPS) is 10.5. The highest BCUT2D eigenvalue weighted by molar-refractivity contribution is 6.30. The SMILES string of the molecule is Cn1cc(OCc2cccc(Cl)c2)c(=O)cc1C(=O)NCc1ccco1. The number of benzene rings is 1. The van der Waals surface area contributed by atoms with Gasteiger partial charge >= 0.3 is 0 Å². The van der Waals surface area contributed by atoms with Crippen LogP contribution in [0.15, 0.2) is 64.1 Å². The Morgan fingerprint density at radius 1 is 1.27 bits per heavy atom. The van der Waals surface area contributed by atoms with E-state index in [0.717, 1.165) is 5.56 Å². The number of hydrogen-bond acceptors (Lipinski definition) is 4. The smallest absolute Gasteiger partial charge is 0.268 e. The van der Waals surface area contributed by atoms with Crippen LogP contribution in [0, 0.1) is 0 Å². The number of ether oxygens (including phenoxy) is 1. The summed E-state index contributed by atoms with van der Waals surface area (Å²) in [6.45, 7) is 0.451. The lowest BCUT2D eigenvalue weighted by Crippen LogP contribution is -2.27. The molecule has 0 radical (unpaired) electrons. The minimum atomic E-state index is -0.373. The molecule has 0 aliphatic heterocycles. The average Bonchev–Trinajstić information content (AvgIpc) is 3.13. The fourth-order valence-electron chi connectivity index (χ4n) is 2.40. The van der Waals surface area contributed by atoms with Gasteiger partial charge in [-0.05, 0) is 29.8 Å². The van der Waals surface area contributed by atoms with Crippen molar-refractivity contribution in [3.05, 3.63) is 87.2 Å². The third-order valence-electron chi connectivity index (χ3n) is 3.72. The maximum absolute atomic E-state index is 12.3. The lowest BCUT2D eigenvalue weighted by molar-refractivity contribution is 0.0938. The number of nitrogens with zero attached hydrogens (tertiary/aromatic N) is 1. The van der Waals surface area contributed by atoms with E-state index < -0.39 is 0 Å². The van der Waals surface area contributed by atoms with E-state index in [4.69, 9.17) is 20.8 Å². The molecule has 26 heavy (non-hydrogen) atoms. The average molecular weight is 373 g/mol. The van der Waals surface area contributed by atoms with Gasteiger partial charge in [-0.2, -0.15) is 0 Å². The van der Waals surface area contributed by atoms with Crippen LogP contribution in [0.5, 0.6) is 5.75 Å². The number of rotatable bonds is 6. The number of amides is 1. The molecule has 2 heterocycles. The van der Waals surface area contributed by atoms with Gasteiger partial charge < -0.3 is 19.0 Å². The second-order valence-corrected chi connectivity index (χ2v) is 6.12. The topological polar surface area (TPSA) is 73.5 Å². The third-order valence-corrected chi connectivity index (χ3v) is 3.96. The number of furan rings is 1. The van der Waals surface area contributed by atoms with E-state index in [-0.39, 0.29) is 35.9 Å². The summed E-state index contributed by atoms with van der Waals surface area (Å²) in [4.78, 5) is 24.5. The van der Waals surface area contributed by atoms with Crippen LogP contribution in [-0.4, -0.2) is 10.5 Å². The molecule has 7 heteroatoms. The first-order valence-corrected chi connectivity index (χ1v) is 8.29. The lowest BCUT2D eigenvalue weighted by Gasteiger charge is -2.12. The minimum Gasteiger partial charge on any atom is -0.483 e. The molecule has 3 rings (SSSR count). The Hall–Kier alpha value is -2.99. The van der Waals surface area contributed by atoms with Crippen molar-refractivity contribution in [2.24, 2.45) is 7.05 Å². The van der Waals surface area contributed by atoms with Gasteiger partial charge in [-0.25, -0.2) is 0 Å². The summed E-state index contributed by atoms with van der Waals surface area (Å²) in [7, 11) is 1.67. The number of aryl methyl sites for hydroxylation is 1. The van der Waals surface area contributed by atoms with Crippen molar-refractivity contribution in [3.63, 3.8) is 0 Å². The van der Waals surface area contributed by atoms with Gasteiger partial charge in [-0.3, -0.25) is 9.59 Å². The van der Waals surface area contributed by atoms with Crippen molar-refractivity contribution in [1.29, 1.82) is 0 Å². The molecule has 1 N–H and O–H groups in total. The maximum atomic E-state index is 12.3. The standard InChI is InChI=1S/C19H17ClN2O4/c1-22-11-18(26-12-13-4-2-5-14(20)8-13)17(23)9-16(22)19(24)21-10-15-6-3-7-25-15/h2-9,11H,10,12H2,1H3,(H,21,24). The highest BCUT2D eigenvalue weighted by atomic mass is 35.5. The zero-order chi connectivity index (χ0) is 18.5. The highest BCUT2D eigenvalue weighted by Crippen LogP contribution is 2.13. The van der Waals surface area contributed by atoms with Crippen molar-refractivity contribution >= 4 is 17.5 Å². The van der Waals surface area contributed by atoms with Crippen LogP contribution in [0.2, 0.25) is 5.02 Å². The Morgan fingerprint density at radius 2 is 2.12 bits per heavy atom. The molecule has 0 atom stereocenters. The van der Waals surface area contributed by atoms with Crippen LogP contribution >= 0.6 is 11.6 Å². The molecule has 0 bridgehead atoms. The zero-order valence-corrected chi connectivity index (χ0v) is 14.8. The van der Waals surface area contributed by atoms with E-state index in [1.165, 1.54) is 18.5 Å². The molecule has 1 amide bonds. The molecular formula is C19H17ClN2O4. The Kier molecular flexibility index (Phi) is 5.43. The molecule has 0 aliphatic rings. The number of halogens is 1. The van der Waals surface area contributed by atoms with Crippen molar-refractivity contribution in [1.82, 2.24) is 9.88 Å². The summed E-state index contributed by atoms with van der Waals surface area (Å²) in [5.74, 6) is 0.419. The Balaban J connectivity index is 1.69. The van der Waals surface area contributed by atoms with Crippen LogP contribution in [0.1, 0.15) is 21.8 Å². The molecule has 0 aliphatic carbocycles. The predicted molar refractivity (Wildman–Crippen MR) is 97.3 cm³/mol. The number of pyridine rings is 1. The summed E-state index contributed by atoms with van der Waals surface area (Å²) < 4.78 is 12.3. The van der Waals surface area contributed by atoms with Gasteiger partial charge in [0.2, 0.25) is 5.43 Å². The van der Waals surface area contributed by atoms with Gasteiger partial charge in [0.15, 0.2) is 5.75 Å². The highest BCUT2D eigenvalue weighted by Gasteiger charge is 2.13. The monoisotopic (exact) mass is 372 g/mol. The van der Waals surface area contributed by atoms with Crippen molar-refractivity contribution in [2.75, 3.05) is 0 Å². The lowest BCUT2D eigenvalue weighted by atomic mass is 10.2. The van der Waals surface area contributed by atoms with Crippen LogP contribution in [0.3, 0.4) is 0 Å². The second-order valence-electron chi connectivity index (χ2n) is 5.68. The van der Waals surface area contributed by atoms with Crippen LogP contribution in [0.4, 0.5) is 0 Å².